The zero-order valence-electron chi connectivity index (χ0n) is 17.0. The fraction of sp³-hybridized carbons (Fsp3) is 0.381. The number of benzene rings is 2. The number of nitrogens with one attached hydrogen (secondary N) is 1. The van der Waals surface area contributed by atoms with E-state index in [1.807, 2.05) is 12.1 Å². The molecule has 0 saturated carbocycles. The van der Waals surface area contributed by atoms with Gasteiger partial charge in [-0.2, -0.15) is 0 Å². The quantitative estimate of drug-likeness (QED) is 0.724. The third-order valence-electron chi connectivity index (χ3n) is 4.92. The van der Waals surface area contributed by atoms with Crippen molar-refractivity contribution in [3.8, 4) is 0 Å². The molecule has 1 N–H and O–H groups in total. The maximum absolute atomic E-state index is 13.3. The van der Waals surface area contributed by atoms with E-state index in [0.29, 0.717) is 18.9 Å². The molecule has 1 atom stereocenters. The Kier molecular flexibility index (Phi) is 6.94. The van der Waals surface area contributed by atoms with Crippen molar-refractivity contribution in [2.45, 2.75) is 19.4 Å². The molecule has 0 aromatic heterocycles. The van der Waals surface area contributed by atoms with Gasteiger partial charge in [-0.1, -0.05) is 6.92 Å². The van der Waals surface area contributed by atoms with E-state index in [1.54, 1.807) is 19.1 Å². The zero-order chi connectivity index (χ0) is 21.7. The summed E-state index contributed by atoms with van der Waals surface area (Å²) in [6.07, 6.45) is 1.28. The molecule has 1 heterocycles. The lowest BCUT2D eigenvalue weighted by Crippen LogP contribution is -2.47. The molecular weight excluding hydrogens is 409 g/mol. The number of nitrogens with zero attached hydrogens (tertiary/aromatic N) is 2. The lowest BCUT2D eigenvalue weighted by atomic mass is 10.1. The van der Waals surface area contributed by atoms with Gasteiger partial charge in [0.1, 0.15) is 11.9 Å². The number of hydrogen-bond acceptors (Lipinski definition) is 5. The minimum absolute atomic E-state index is 0.239. The molecule has 1 saturated heterocycles. The van der Waals surface area contributed by atoms with Crippen molar-refractivity contribution in [1.29, 1.82) is 0 Å². The van der Waals surface area contributed by atoms with Crippen LogP contribution in [0.1, 0.15) is 13.3 Å². The van der Waals surface area contributed by atoms with Gasteiger partial charge in [-0.25, -0.2) is 12.8 Å². The zero-order valence-corrected chi connectivity index (χ0v) is 17.9. The molecule has 2 aromatic carbocycles. The summed E-state index contributed by atoms with van der Waals surface area (Å²) in [5.41, 5.74) is 1.85. The molecule has 0 radical (unpaired) electrons. The SMILES string of the molecule is CC[C@@H](C(=O)Nc1ccc(N2CCOCC2)cc1)N(c1ccc(F)cc1)S(C)(=O)=O. The first-order valence-corrected chi connectivity index (χ1v) is 11.6. The number of ether oxygens (including phenoxy) is 1. The lowest BCUT2D eigenvalue weighted by molar-refractivity contribution is -0.117. The Balaban J connectivity index is 1.77. The van der Waals surface area contributed by atoms with Crippen LogP contribution in [0.4, 0.5) is 21.5 Å². The number of rotatable bonds is 7. The summed E-state index contributed by atoms with van der Waals surface area (Å²) in [6, 6.07) is 11.5. The predicted octanol–water partition coefficient (Wildman–Crippen LogP) is 2.85. The number of hydrogen-bond donors (Lipinski definition) is 1. The predicted molar refractivity (Wildman–Crippen MR) is 116 cm³/mol. The third kappa shape index (κ3) is 5.28. The molecule has 0 spiro atoms. The summed E-state index contributed by atoms with van der Waals surface area (Å²) in [5, 5.41) is 2.79. The highest BCUT2D eigenvalue weighted by Crippen LogP contribution is 2.24. The highest BCUT2D eigenvalue weighted by Gasteiger charge is 2.31. The van der Waals surface area contributed by atoms with E-state index in [9.17, 15) is 17.6 Å². The number of carbonyl (C=O) groups excluding carboxylic acids is 1. The normalized spacial score (nSPS) is 15.5. The van der Waals surface area contributed by atoms with Gasteiger partial charge < -0.3 is 15.0 Å². The molecule has 1 amide bonds. The largest absolute Gasteiger partial charge is 0.378 e. The van der Waals surface area contributed by atoms with Gasteiger partial charge in [0.2, 0.25) is 15.9 Å². The number of sulfonamides is 1. The minimum atomic E-state index is -3.77. The van der Waals surface area contributed by atoms with Crippen LogP contribution in [0, 0.1) is 5.82 Å². The van der Waals surface area contributed by atoms with E-state index in [4.69, 9.17) is 4.74 Å². The Labute approximate surface area is 176 Å². The van der Waals surface area contributed by atoms with Gasteiger partial charge in [-0.3, -0.25) is 9.10 Å². The van der Waals surface area contributed by atoms with Crippen LogP contribution in [0.25, 0.3) is 0 Å². The minimum Gasteiger partial charge on any atom is -0.378 e. The van der Waals surface area contributed by atoms with Crippen LogP contribution in [0.15, 0.2) is 48.5 Å². The van der Waals surface area contributed by atoms with Crippen LogP contribution >= 0.6 is 0 Å². The first-order chi connectivity index (χ1) is 14.3. The van der Waals surface area contributed by atoms with Gasteiger partial charge in [-0.05, 0) is 55.0 Å². The van der Waals surface area contributed by atoms with Crippen molar-refractivity contribution in [2.24, 2.45) is 0 Å². The summed E-state index contributed by atoms with van der Waals surface area (Å²) in [7, 11) is -3.77. The third-order valence-corrected chi connectivity index (χ3v) is 6.10. The maximum atomic E-state index is 13.3. The standard InChI is InChI=1S/C21H26FN3O4S/c1-3-20(25(30(2,27)28)19-8-4-16(22)5-9-19)21(26)23-17-6-10-18(11-7-17)24-12-14-29-15-13-24/h4-11,20H,3,12-15H2,1-2H3,(H,23,26)/t20-/m0/s1. The number of amides is 1. The fourth-order valence-electron chi connectivity index (χ4n) is 3.45. The van der Waals surface area contributed by atoms with Crippen LogP contribution in [0.3, 0.4) is 0 Å². The Hall–Kier alpha value is -2.65. The first-order valence-electron chi connectivity index (χ1n) is 9.78. The molecule has 0 aliphatic carbocycles. The molecule has 3 rings (SSSR count). The van der Waals surface area contributed by atoms with E-state index in [-0.39, 0.29) is 12.1 Å². The van der Waals surface area contributed by atoms with Gasteiger partial charge in [0.15, 0.2) is 0 Å². The highest BCUT2D eigenvalue weighted by atomic mass is 32.2. The van der Waals surface area contributed by atoms with Crippen LogP contribution in [-0.2, 0) is 19.6 Å². The molecule has 0 bridgehead atoms. The van der Waals surface area contributed by atoms with Crippen molar-refractivity contribution in [2.75, 3.05) is 47.1 Å². The second-order valence-electron chi connectivity index (χ2n) is 7.09. The topological polar surface area (TPSA) is 79.0 Å². The van der Waals surface area contributed by atoms with E-state index < -0.39 is 27.8 Å². The molecule has 7 nitrogen and oxygen atoms in total. The van der Waals surface area contributed by atoms with Gasteiger partial charge >= 0.3 is 0 Å². The van der Waals surface area contributed by atoms with Gasteiger partial charge in [-0.15, -0.1) is 0 Å². The van der Waals surface area contributed by atoms with Crippen molar-refractivity contribution in [1.82, 2.24) is 0 Å². The second kappa shape index (κ2) is 9.44. The average molecular weight is 436 g/mol. The van der Waals surface area contributed by atoms with Crippen molar-refractivity contribution in [3.63, 3.8) is 0 Å². The molecule has 0 unspecified atom stereocenters. The molecule has 1 fully saturated rings. The molecule has 1 aliphatic heterocycles. The fourth-order valence-corrected chi connectivity index (χ4v) is 4.66. The van der Waals surface area contributed by atoms with E-state index in [1.165, 1.54) is 24.3 Å². The smallest absolute Gasteiger partial charge is 0.248 e. The van der Waals surface area contributed by atoms with Crippen LogP contribution in [0.2, 0.25) is 0 Å². The molecule has 9 heteroatoms. The van der Waals surface area contributed by atoms with Crippen LogP contribution < -0.4 is 14.5 Å². The summed E-state index contributed by atoms with van der Waals surface area (Å²) in [5.74, 6) is -0.934. The Morgan fingerprint density at radius 3 is 2.27 bits per heavy atom. The van der Waals surface area contributed by atoms with Crippen molar-refractivity contribution < 1.29 is 22.3 Å². The molecule has 2 aromatic rings. The van der Waals surface area contributed by atoms with E-state index in [0.717, 1.165) is 29.3 Å². The average Bonchev–Trinajstić information content (AvgIpc) is 2.73. The van der Waals surface area contributed by atoms with Crippen LogP contribution in [0.5, 0.6) is 0 Å². The number of morpholine rings is 1. The van der Waals surface area contributed by atoms with E-state index in [2.05, 4.69) is 10.2 Å². The van der Waals surface area contributed by atoms with Gasteiger partial charge in [0.05, 0.1) is 25.2 Å². The summed E-state index contributed by atoms with van der Waals surface area (Å²) >= 11 is 0. The Bertz CT molecular complexity index is 959. The number of halogens is 1. The van der Waals surface area contributed by atoms with Crippen molar-refractivity contribution >= 4 is 33.0 Å². The highest BCUT2D eigenvalue weighted by molar-refractivity contribution is 7.92. The Morgan fingerprint density at radius 1 is 1.13 bits per heavy atom. The molecule has 1 aliphatic rings. The lowest BCUT2D eigenvalue weighted by Gasteiger charge is -2.30. The monoisotopic (exact) mass is 435 g/mol. The number of carbonyl (C=O) groups is 1. The first kappa shape index (κ1) is 22.0. The van der Waals surface area contributed by atoms with Crippen molar-refractivity contribution in [3.05, 3.63) is 54.3 Å². The second-order valence-corrected chi connectivity index (χ2v) is 8.95. The Morgan fingerprint density at radius 2 is 1.73 bits per heavy atom. The number of anilines is 3. The van der Waals surface area contributed by atoms with E-state index >= 15 is 0 Å². The molecular formula is C21H26FN3O4S. The molecule has 30 heavy (non-hydrogen) atoms. The van der Waals surface area contributed by atoms with Gasteiger partial charge in [0, 0.05) is 24.5 Å². The summed E-state index contributed by atoms with van der Waals surface area (Å²) in [4.78, 5) is 15.1. The summed E-state index contributed by atoms with van der Waals surface area (Å²) in [6.45, 7) is 4.71. The molecule has 162 valence electrons. The summed E-state index contributed by atoms with van der Waals surface area (Å²) < 4.78 is 44.5. The van der Waals surface area contributed by atoms with Crippen LogP contribution in [-0.4, -0.2) is 52.9 Å². The maximum Gasteiger partial charge on any atom is 0.248 e. The van der Waals surface area contributed by atoms with Gasteiger partial charge in [0.25, 0.3) is 0 Å².